The molecule has 2 saturated heterocycles. The zero-order valence-electron chi connectivity index (χ0n) is 12.4. The first-order valence-electron chi connectivity index (χ1n) is 7.79. The van der Waals surface area contributed by atoms with Crippen LogP contribution in [0.3, 0.4) is 0 Å². The minimum Gasteiger partial charge on any atom is -0.409 e. The molecule has 5 heteroatoms. The van der Waals surface area contributed by atoms with Crippen molar-refractivity contribution >= 4 is 5.84 Å². The second-order valence-corrected chi connectivity index (χ2v) is 6.11. The summed E-state index contributed by atoms with van der Waals surface area (Å²) in [5, 5.41) is 11.9. The van der Waals surface area contributed by atoms with Gasteiger partial charge in [0.25, 0.3) is 0 Å². The number of fused-ring (bicyclic) bond motifs is 1. The minimum atomic E-state index is 0.176. The van der Waals surface area contributed by atoms with Crippen LogP contribution in [-0.4, -0.2) is 53.1 Å². The van der Waals surface area contributed by atoms with Gasteiger partial charge in [0.1, 0.15) is 0 Å². The first-order chi connectivity index (χ1) is 10.3. The van der Waals surface area contributed by atoms with Crippen molar-refractivity contribution < 1.29 is 5.21 Å². The van der Waals surface area contributed by atoms with Crippen LogP contribution in [0, 0.1) is 0 Å². The average Bonchev–Trinajstić information content (AvgIpc) is 2.85. The van der Waals surface area contributed by atoms with Crippen LogP contribution in [-0.2, 0) is 6.54 Å². The molecular formula is C16H24N4O. The van der Waals surface area contributed by atoms with Gasteiger partial charge in [-0.15, -0.1) is 0 Å². The highest BCUT2D eigenvalue weighted by Gasteiger charge is 2.28. The molecule has 0 aliphatic carbocycles. The van der Waals surface area contributed by atoms with Gasteiger partial charge in [-0.05, 0) is 50.5 Å². The average molecular weight is 288 g/mol. The van der Waals surface area contributed by atoms with Gasteiger partial charge < -0.3 is 10.9 Å². The zero-order valence-corrected chi connectivity index (χ0v) is 12.4. The molecule has 114 valence electrons. The maximum atomic E-state index is 8.79. The van der Waals surface area contributed by atoms with Crippen LogP contribution in [0.25, 0.3) is 0 Å². The Balaban J connectivity index is 1.68. The molecule has 0 aromatic heterocycles. The van der Waals surface area contributed by atoms with E-state index in [-0.39, 0.29) is 5.84 Å². The van der Waals surface area contributed by atoms with Crippen molar-refractivity contribution in [2.75, 3.05) is 26.2 Å². The van der Waals surface area contributed by atoms with Crippen molar-refractivity contribution in [2.24, 2.45) is 10.9 Å². The molecule has 0 saturated carbocycles. The topological polar surface area (TPSA) is 65.1 Å². The number of nitrogens with zero attached hydrogens (tertiary/aromatic N) is 3. The largest absolute Gasteiger partial charge is 0.409 e. The summed E-state index contributed by atoms with van der Waals surface area (Å²) < 4.78 is 0. The molecule has 0 amide bonds. The highest BCUT2D eigenvalue weighted by molar-refractivity contribution is 5.97. The number of rotatable bonds is 3. The Hall–Kier alpha value is -1.59. The van der Waals surface area contributed by atoms with Gasteiger partial charge in [0.05, 0.1) is 0 Å². The van der Waals surface area contributed by atoms with E-state index in [9.17, 15) is 0 Å². The number of amidine groups is 1. The van der Waals surface area contributed by atoms with Crippen molar-refractivity contribution in [1.82, 2.24) is 9.80 Å². The quantitative estimate of drug-likeness (QED) is 0.382. The predicted octanol–water partition coefficient (Wildman–Crippen LogP) is 1.45. The predicted molar refractivity (Wildman–Crippen MR) is 83.4 cm³/mol. The van der Waals surface area contributed by atoms with Gasteiger partial charge in [-0.3, -0.25) is 9.80 Å². The molecule has 0 radical (unpaired) electrons. The number of nitrogens with two attached hydrogens (primary N) is 1. The number of hydrogen-bond donors (Lipinski definition) is 2. The third kappa shape index (κ3) is 3.36. The van der Waals surface area contributed by atoms with Crippen LogP contribution in [0.15, 0.2) is 29.4 Å². The fourth-order valence-corrected chi connectivity index (χ4v) is 3.57. The van der Waals surface area contributed by atoms with E-state index in [4.69, 9.17) is 10.9 Å². The Bertz CT molecular complexity index is 517. The van der Waals surface area contributed by atoms with Crippen LogP contribution < -0.4 is 5.73 Å². The molecule has 2 aliphatic rings. The highest BCUT2D eigenvalue weighted by atomic mass is 16.4. The van der Waals surface area contributed by atoms with Crippen molar-refractivity contribution in [3.8, 4) is 0 Å². The number of hydrogen-bond acceptors (Lipinski definition) is 4. The third-order valence-corrected chi connectivity index (χ3v) is 4.62. The molecule has 1 unspecified atom stereocenters. The Kier molecular flexibility index (Phi) is 4.41. The third-order valence-electron chi connectivity index (χ3n) is 4.62. The van der Waals surface area contributed by atoms with Crippen LogP contribution >= 0.6 is 0 Å². The lowest BCUT2D eigenvalue weighted by Gasteiger charge is -2.25. The van der Waals surface area contributed by atoms with Crippen LogP contribution in [0.1, 0.15) is 30.4 Å². The molecule has 1 aromatic carbocycles. The normalized spacial score (nSPS) is 24.8. The minimum absolute atomic E-state index is 0.176. The van der Waals surface area contributed by atoms with Crippen LogP contribution in [0.4, 0.5) is 0 Å². The van der Waals surface area contributed by atoms with Gasteiger partial charge in [-0.25, -0.2) is 0 Å². The van der Waals surface area contributed by atoms with E-state index in [0.717, 1.165) is 31.2 Å². The summed E-state index contributed by atoms with van der Waals surface area (Å²) in [7, 11) is 0. The Morgan fingerprint density at radius 3 is 3.00 bits per heavy atom. The number of benzene rings is 1. The van der Waals surface area contributed by atoms with Crippen molar-refractivity contribution in [3.63, 3.8) is 0 Å². The van der Waals surface area contributed by atoms with E-state index in [1.54, 1.807) is 0 Å². The Morgan fingerprint density at radius 1 is 1.29 bits per heavy atom. The summed E-state index contributed by atoms with van der Waals surface area (Å²) in [5.74, 6) is 0.176. The zero-order chi connectivity index (χ0) is 14.7. The smallest absolute Gasteiger partial charge is 0.170 e. The molecular weight excluding hydrogens is 264 g/mol. The molecule has 2 aliphatic heterocycles. The fraction of sp³-hybridized carbons (Fsp3) is 0.562. The first kappa shape index (κ1) is 14.4. The standard InChI is InChI=1S/C16H24N4O/c17-16(18-21)14-5-1-4-13(10-14)11-19-7-3-9-20-8-2-6-15(20)12-19/h1,4-5,10,15,21H,2-3,6-9,11-12H2,(H2,17,18). The molecule has 1 atom stereocenters. The summed E-state index contributed by atoms with van der Waals surface area (Å²) in [5.41, 5.74) is 7.68. The van der Waals surface area contributed by atoms with Crippen molar-refractivity contribution in [1.29, 1.82) is 0 Å². The Morgan fingerprint density at radius 2 is 2.14 bits per heavy atom. The Labute approximate surface area is 126 Å². The van der Waals surface area contributed by atoms with E-state index in [1.807, 2.05) is 18.2 Å². The SMILES string of the molecule is NC(=NO)c1cccc(CN2CCCN3CCCC3C2)c1. The lowest BCUT2D eigenvalue weighted by atomic mass is 10.1. The van der Waals surface area contributed by atoms with E-state index in [0.29, 0.717) is 0 Å². The van der Waals surface area contributed by atoms with Gasteiger partial charge in [0, 0.05) is 24.7 Å². The highest BCUT2D eigenvalue weighted by Crippen LogP contribution is 2.22. The molecule has 0 bridgehead atoms. The van der Waals surface area contributed by atoms with Gasteiger partial charge in [0.2, 0.25) is 0 Å². The summed E-state index contributed by atoms with van der Waals surface area (Å²) >= 11 is 0. The fourth-order valence-electron chi connectivity index (χ4n) is 3.57. The summed E-state index contributed by atoms with van der Waals surface area (Å²) in [6.45, 7) is 5.77. The lowest BCUT2D eigenvalue weighted by Crippen LogP contribution is -2.36. The molecule has 21 heavy (non-hydrogen) atoms. The summed E-state index contributed by atoms with van der Waals surface area (Å²) in [6, 6.07) is 8.72. The molecule has 3 N–H and O–H groups in total. The van der Waals surface area contributed by atoms with Gasteiger partial charge in [0.15, 0.2) is 5.84 Å². The molecule has 2 fully saturated rings. The summed E-state index contributed by atoms with van der Waals surface area (Å²) in [4.78, 5) is 5.19. The van der Waals surface area contributed by atoms with E-state index < -0.39 is 0 Å². The van der Waals surface area contributed by atoms with Crippen molar-refractivity contribution in [3.05, 3.63) is 35.4 Å². The van der Waals surface area contributed by atoms with E-state index in [1.165, 1.54) is 37.9 Å². The molecule has 2 heterocycles. The van der Waals surface area contributed by atoms with Crippen LogP contribution in [0.5, 0.6) is 0 Å². The maximum Gasteiger partial charge on any atom is 0.170 e. The monoisotopic (exact) mass is 288 g/mol. The molecule has 0 spiro atoms. The molecule has 3 rings (SSSR count). The molecule has 5 nitrogen and oxygen atoms in total. The van der Waals surface area contributed by atoms with E-state index in [2.05, 4.69) is 21.0 Å². The van der Waals surface area contributed by atoms with Crippen LogP contribution in [0.2, 0.25) is 0 Å². The van der Waals surface area contributed by atoms with E-state index >= 15 is 0 Å². The van der Waals surface area contributed by atoms with Gasteiger partial charge in [-0.2, -0.15) is 0 Å². The van der Waals surface area contributed by atoms with Gasteiger partial charge >= 0.3 is 0 Å². The van der Waals surface area contributed by atoms with Gasteiger partial charge in [-0.1, -0.05) is 23.4 Å². The lowest BCUT2D eigenvalue weighted by molar-refractivity contribution is 0.215. The molecule has 1 aromatic rings. The summed E-state index contributed by atoms with van der Waals surface area (Å²) in [6.07, 6.45) is 3.93. The second-order valence-electron chi connectivity index (χ2n) is 6.11. The maximum absolute atomic E-state index is 8.79. The first-order valence-corrected chi connectivity index (χ1v) is 7.79. The second kappa shape index (κ2) is 6.45. The number of oxime groups is 1. The van der Waals surface area contributed by atoms with Crippen molar-refractivity contribution in [2.45, 2.75) is 31.8 Å².